The van der Waals surface area contributed by atoms with Crippen molar-refractivity contribution in [2.45, 2.75) is 29.1 Å². The molecular weight excluding hydrogens is 595 g/mol. The van der Waals surface area contributed by atoms with Crippen molar-refractivity contribution in [2.75, 3.05) is 9.80 Å². The molecule has 0 fully saturated rings. The van der Waals surface area contributed by atoms with Gasteiger partial charge in [0.05, 0.1) is 34.6 Å². The minimum atomic E-state index is -0.0826. The summed E-state index contributed by atoms with van der Waals surface area (Å²) in [7, 11) is 0. The van der Waals surface area contributed by atoms with Crippen LogP contribution in [0.5, 0.6) is 0 Å². The lowest BCUT2D eigenvalue weighted by Crippen LogP contribution is -2.30. The molecule has 7 aromatic rings. The minimum Gasteiger partial charge on any atom is -0.310 e. The summed E-state index contributed by atoms with van der Waals surface area (Å²) in [5, 5.41) is 9.06. The minimum absolute atomic E-state index is 0.0826. The number of hydrogen-bond acceptors (Lipinski definition) is 5. The van der Waals surface area contributed by atoms with E-state index in [0.717, 1.165) is 28.3 Å². The van der Waals surface area contributed by atoms with Crippen LogP contribution in [0.25, 0.3) is 16.9 Å². The van der Waals surface area contributed by atoms with E-state index in [-0.39, 0.29) is 5.41 Å². The molecule has 1 aromatic heterocycles. The molecule has 5 nitrogen and oxygen atoms in total. The molecule has 9 rings (SSSR count). The van der Waals surface area contributed by atoms with E-state index in [2.05, 4.69) is 180 Å². The standard InChI is InChI=1S/C41H31N5S/c1-41(2)32-11-3-5-13-35(32)45(36-14-6-4-12-33(36)41)31-25-23-29(24-26-31)44-27-34(42-43-44)28-19-21-30(22-20-28)46-37-15-7-9-17-39(37)47-40-18-10-8-16-38(40)46/h3-27H,1-2H3. The van der Waals surface area contributed by atoms with Gasteiger partial charge in [-0.15, -0.1) is 5.10 Å². The number of nitrogens with zero attached hydrogens (tertiary/aromatic N) is 5. The summed E-state index contributed by atoms with van der Waals surface area (Å²) in [4.78, 5) is 7.21. The fraction of sp³-hybridized carbons (Fsp3) is 0.0732. The van der Waals surface area contributed by atoms with Gasteiger partial charge in [-0.2, -0.15) is 0 Å². The summed E-state index contributed by atoms with van der Waals surface area (Å²) >= 11 is 1.82. The van der Waals surface area contributed by atoms with Gasteiger partial charge in [0.1, 0.15) is 5.69 Å². The number of benzene rings is 6. The van der Waals surface area contributed by atoms with Gasteiger partial charge in [-0.3, -0.25) is 0 Å². The average molecular weight is 626 g/mol. The monoisotopic (exact) mass is 625 g/mol. The summed E-state index contributed by atoms with van der Waals surface area (Å²) in [6.45, 7) is 4.62. The van der Waals surface area contributed by atoms with Crippen LogP contribution >= 0.6 is 11.8 Å². The fourth-order valence-corrected chi connectivity index (χ4v) is 8.05. The van der Waals surface area contributed by atoms with Crippen LogP contribution in [0.15, 0.2) is 162 Å². The Balaban J connectivity index is 1.01. The second kappa shape index (κ2) is 10.7. The van der Waals surface area contributed by atoms with Crippen LogP contribution in [-0.2, 0) is 5.41 Å². The van der Waals surface area contributed by atoms with Crippen LogP contribution in [0.3, 0.4) is 0 Å². The molecule has 2 aliphatic heterocycles. The quantitative estimate of drug-likeness (QED) is 0.194. The number of fused-ring (bicyclic) bond motifs is 4. The molecule has 0 atom stereocenters. The van der Waals surface area contributed by atoms with E-state index in [1.165, 1.54) is 43.7 Å². The number of anilines is 6. The number of hydrogen-bond donors (Lipinski definition) is 0. The van der Waals surface area contributed by atoms with E-state index in [1.54, 1.807) is 0 Å². The SMILES string of the molecule is CC1(C)c2ccccc2N(c2ccc(-n3cc(-c4ccc(N5c6ccccc6Sc6ccccc65)cc4)nn3)cc2)c2ccccc21. The molecule has 0 unspecified atom stereocenters. The lowest BCUT2D eigenvalue weighted by atomic mass is 9.73. The molecular formula is C41H31N5S. The number of rotatable bonds is 4. The smallest absolute Gasteiger partial charge is 0.113 e. The molecule has 0 spiro atoms. The molecule has 0 radical (unpaired) electrons. The lowest BCUT2D eigenvalue weighted by molar-refractivity contribution is 0.632. The predicted molar refractivity (Wildman–Crippen MR) is 192 cm³/mol. The molecule has 2 aliphatic rings. The zero-order chi connectivity index (χ0) is 31.5. The van der Waals surface area contributed by atoms with E-state index in [1.807, 2.05) is 22.6 Å². The topological polar surface area (TPSA) is 37.2 Å². The largest absolute Gasteiger partial charge is 0.310 e. The van der Waals surface area contributed by atoms with Crippen molar-refractivity contribution in [2.24, 2.45) is 0 Å². The highest BCUT2D eigenvalue weighted by Crippen LogP contribution is 2.52. The van der Waals surface area contributed by atoms with Gasteiger partial charge in [0.2, 0.25) is 0 Å². The molecule has 47 heavy (non-hydrogen) atoms. The fourth-order valence-electron chi connectivity index (χ4n) is 6.99. The Kier molecular flexibility index (Phi) is 6.34. The van der Waals surface area contributed by atoms with Crippen molar-refractivity contribution < 1.29 is 0 Å². The highest BCUT2D eigenvalue weighted by Gasteiger charge is 2.36. The molecule has 6 aromatic carbocycles. The second-order valence-electron chi connectivity index (χ2n) is 12.5. The van der Waals surface area contributed by atoms with Crippen molar-refractivity contribution >= 4 is 45.9 Å². The van der Waals surface area contributed by atoms with Gasteiger partial charge in [-0.05, 0) is 83.9 Å². The van der Waals surface area contributed by atoms with Gasteiger partial charge in [0.25, 0.3) is 0 Å². The Morgan fingerprint density at radius 2 is 0.936 bits per heavy atom. The van der Waals surface area contributed by atoms with E-state index >= 15 is 0 Å². The third-order valence-electron chi connectivity index (χ3n) is 9.36. The van der Waals surface area contributed by atoms with E-state index in [4.69, 9.17) is 0 Å². The van der Waals surface area contributed by atoms with Gasteiger partial charge in [0.15, 0.2) is 0 Å². The van der Waals surface area contributed by atoms with Crippen LogP contribution < -0.4 is 9.80 Å². The normalized spacial score (nSPS) is 14.2. The molecule has 226 valence electrons. The number of para-hydroxylation sites is 4. The molecule has 0 N–H and O–H groups in total. The van der Waals surface area contributed by atoms with Gasteiger partial charge >= 0.3 is 0 Å². The highest BCUT2D eigenvalue weighted by atomic mass is 32.2. The van der Waals surface area contributed by atoms with Crippen LogP contribution in [0.2, 0.25) is 0 Å². The Morgan fingerprint density at radius 3 is 1.51 bits per heavy atom. The van der Waals surface area contributed by atoms with Crippen LogP contribution in [-0.4, -0.2) is 15.0 Å². The highest BCUT2D eigenvalue weighted by molar-refractivity contribution is 7.99. The molecule has 3 heterocycles. The first-order valence-corrected chi connectivity index (χ1v) is 16.7. The van der Waals surface area contributed by atoms with Crippen LogP contribution in [0.4, 0.5) is 34.1 Å². The molecule has 0 saturated heterocycles. The summed E-state index contributed by atoms with van der Waals surface area (Å²) in [6, 6.07) is 51.8. The Labute approximate surface area is 278 Å². The predicted octanol–water partition coefficient (Wildman–Crippen LogP) is 11.0. The van der Waals surface area contributed by atoms with E-state index < -0.39 is 0 Å². The Hall–Kier alpha value is -5.59. The third-order valence-corrected chi connectivity index (χ3v) is 10.5. The maximum absolute atomic E-state index is 4.55. The molecule has 0 amide bonds. The van der Waals surface area contributed by atoms with Crippen molar-refractivity contribution in [3.05, 3.63) is 163 Å². The molecule has 6 heteroatoms. The summed E-state index contributed by atoms with van der Waals surface area (Å²) in [5.74, 6) is 0. The zero-order valence-electron chi connectivity index (χ0n) is 26.1. The van der Waals surface area contributed by atoms with Gasteiger partial charge in [0, 0.05) is 32.1 Å². The van der Waals surface area contributed by atoms with E-state index in [9.17, 15) is 0 Å². The van der Waals surface area contributed by atoms with Crippen LogP contribution in [0.1, 0.15) is 25.0 Å². The lowest BCUT2D eigenvalue weighted by Gasteiger charge is -2.42. The summed E-state index contributed by atoms with van der Waals surface area (Å²) < 4.78 is 1.85. The first-order valence-electron chi connectivity index (χ1n) is 15.8. The number of aromatic nitrogens is 3. The van der Waals surface area contributed by atoms with Gasteiger partial charge < -0.3 is 9.80 Å². The molecule has 0 saturated carbocycles. The first-order chi connectivity index (χ1) is 23.1. The van der Waals surface area contributed by atoms with Gasteiger partial charge in [-0.1, -0.05) is 104 Å². The summed E-state index contributed by atoms with van der Waals surface area (Å²) in [6.07, 6.45) is 2.00. The molecule has 0 bridgehead atoms. The third kappa shape index (κ3) is 4.48. The Bertz CT molecular complexity index is 2170. The Morgan fingerprint density at radius 1 is 0.489 bits per heavy atom. The van der Waals surface area contributed by atoms with Crippen molar-refractivity contribution in [1.29, 1.82) is 0 Å². The zero-order valence-corrected chi connectivity index (χ0v) is 26.9. The maximum atomic E-state index is 4.55. The average Bonchev–Trinajstić information content (AvgIpc) is 3.62. The maximum Gasteiger partial charge on any atom is 0.113 e. The van der Waals surface area contributed by atoms with Crippen LogP contribution in [0, 0.1) is 0 Å². The van der Waals surface area contributed by atoms with Gasteiger partial charge in [-0.25, -0.2) is 4.68 Å². The summed E-state index contributed by atoms with van der Waals surface area (Å²) in [5.41, 5.74) is 12.4. The van der Waals surface area contributed by atoms with E-state index in [0.29, 0.717) is 0 Å². The van der Waals surface area contributed by atoms with Crippen molar-refractivity contribution in [1.82, 2.24) is 15.0 Å². The van der Waals surface area contributed by atoms with Crippen molar-refractivity contribution in [3.8, 4) is 16.9 Å². The van der Waals surface area contributed by atoms with Crippen molar-refractivity contribution in [3.63, 3.8) is 0 Å². The molecule has 0 aliphatic carbocycles. The second-order valence-corrected chi connectivity index (χ2v) is 13.6. The first kappa shape index (κ1) is 27.7.